The second kappa shape index (κ2) is 7.27. The second-order valence-electron chi connectivity index (χ2n) is 9.10. The molecule has 8 heteroatoms. The van der Waals surface area contributed by atoms with Gasteiger partial charge < -0.3 is 14.5 Å². The third-order valence-electron chi connectivity index (χ3n) is 7.28. The monoisotopic (exact) mass is 411 g/mol. The molecule has 5 heterocycles. The molecule has 5 rings (SSSR count). The SMILES string of the molecule is Cn1cc(CNc2ccc3n(c2=O)C[C@@H]2C[C@H]3CN3CCCCC23)c(=O)n(C)c1=O. The van der Waals surface area contributed by atoms with Crippen LogP contribution in [0.2, 0.25) is 0 Å². The number of pyridine rings is 1. The van der Waals surface area contributed by atoms with Crippen LogP contribution in [0.5, 0.6) is 0 Å². The molecule has 0 aromatic carbocycles. The summed E-state index contributed by atoms with van der Waals surface area (Å²) >= 11 is 0. The summed E-state index contributed by atoms with van der Waals surface area (Å²) < 4.78 is 4.44. The van der Waals surface area contributed by atoms with E-state index in [1.54, 1.807) is 7.05 Å². The van der Waals surface area contributed by atoms with Gasteiger partial charge >= 0.3 is 5.69 Å². The topological polar surface area (TPSA) is 81.3 Å². The van der Waals surface area contributed by atoms with E-state index < -0.39 is 0 Å². The Balaban J connectivity index is 1.42. The largest absolute Gasteiger partial charge is 0.376 e. The maximum absolute atomic E-state index is 13.2. The van der Waals surface area contributed by atoms with Gasteiger partial charge in [-0.3, -0.25) is 19.1 Å². The fourth-order valence-electron chi connectivity index (χ4n) is 5.77. The molecule has 1 N–H and O–H groups in total. The lowest BCUT2D eigenvalue weighted by molar-refractivity contribution is 0.0249. The fraction of sp³-hybridized carbons (Fsp3) is 0.591. The highest BCUT2D eigenvalue weighted by molar-refractivity contribution is 5.43. The second-order valence-corrected chi connectivity index (χ2v) is 9.10. The molecule has 30 heavy (non-hydrogen) atoms. The van der Waals surface area contributed by atoms with E-state index in [0.29, 0.717) is 29.1 Å². The molecule has 160 valence electrons. The minimum Gasteiger partial charge on any atom is -0.376 e. The number of aryl methyl sites for hydroxylation is 1. The summed E-state index contributed by atoms with van der Waals surface area (Å²) in [5.41, 5.74) is 1.40. The molecule has 0 saturated carbocycles. The van der Waals surface area contributed by atoms with Crippen molar-refractivity contribution in [2.24, 2.45) is 20.0 Å². The van der Waals surface area contributed by atoms with Crippen LogP contribution in [0.25, 0.3) is 0 Å². The van der Waals surface area contributed by atoms with Crippen molar-refractivity contribution in [1.82, 2.24) is 18.6 Å². The molecule has 1 unspecified atom stereocenters. The van der Waals surface area contributed by atoms with Crippen LogP contribution in [0.4, 0.5) is 5.69 Å². The number of nitrogens with zero attached hydrogens (tertiary/aromatic N) is 4. The Morgan fingerprint density at radius 2 is 1.90 bits per heavy atom. The molecule has 2 aromatic heterocycles. The normalized spacial score (nSPS) is 25.5. The summed E-state index contributed by atoms with van der Waals surface area (Å²) in [7, 11) is 3.08. The Hall–Kier alpha value is -2.61. The van der Waals surface area contributed by atoms with Crippen molar-refractivity contribution < 1.29 is 0 Å². The first-order chi connectivity index (χ1) is 14.4. The van der Waals surface area contributed by atoms with Gasteiger partial charge in [-0.15, -0.1) is 0 Å². The molecule has 0 radical (unpaired) electrons. The zero-order valence-corrected chi connectivity index (χ0v) is 17.6. The van der Waals surface area contributed by atoms with E-state index in [9.17, 15) is 14.4 Å². The van der Waals surface area contributed by atoms with Crippen molar-refractivity contribution in [3.8, 4) is 0 Å². The highest BCUT2D eigenvalue weighted by Crippen LogP contribution is 2.41. The zero-order valence-electron chi connectivity index (χ0n) is 17.6. The van der Waals surface area contributed by atoms with Crippen LogP contribution < -0.4 is 22.1 Å². The number of anilines is 1. The van der Waals surface area contributed by atoms with Gasteiger partial charge in [0.25, 0.3) is 11.1 Å². The van der Waals surface area contributed by atoms with Gasteiger partial charge in [-0.2, -0.15) is 0 Å². The van der Waals surface area contributed by atoms with Crippen LogP contribution in [-0.4, -0.2) is 37.7 Å². The minimum absolute atomic E-state index is 0.00639. The van der Waals surface area contributed by atoms with E-state index in [4.69, 9.17) is 0 Å². The zero-order chi connectivity index (χ0) is 21.0. The molecule has 0 amide bonds. The molecule has 3 aliphatic heterocycles. The lowest BCUT2D eigenvalue weighted by atomic mass is 9.75. The van der Waals surface area contributed by atoms with E-state index in [-0.39, 0.29) is 23.4 Å². The van der Waals surface area contributed by atoms with Gasteiger partial charge in [0.1, 0.15) is 5.69 Å². The van der Waals surface area contributed by atoms with Crippen LogP contribution in [0.15, 0.2) is 32.7 Å². The van der Waals surface area contributed by atoms with Crippen molar-refractivity contribution in [2.45, 2.75) is 50.7 Å². The molecule has 2 saturated heterocycles. The Labute approximate surface area is 174 Å². The smallest absolute Gasteiger partial charge is 0.330 e. The Kier molecular flexibility index (Phi) is 4.69. The first-order valence-electron chi connectivity index (χ1n) is 10.9. The standard InChI is InChI=1S/C22H29N5O3/c1-24-11-16(20(28)25(2)22(24)30)10-23-17-6-7-19-14-9-15(13-27(19)21(17)29)18-5-3-4-8-26(18)12-14/h6-7,11,14-15,18,23H,3-5,8-10,12-13H2,1-2H3/t14-,15-,18?/m0/s1. The van der Waals surface area contributed by atoms with Gasteiger partial charge in [-0.05, 0) is 43.9 Å². The molecule has 0 spiro atoms. The average molecular weight is 412 g/mol. The van der Waals surface area contributed by atoms with Crippen LogP contribution in [0, 0.1) is 5.92 Å². The molecule has 3 aliphatic rings. The minimum atomic E-state index is -0.360. The maximum Gasteiger partial charge on any atom is 0.330 e. The highest BCUT2D eigenvalue weighted by atomic mass is 16.2. The van der Waals surface area contributed by atoms with Gasteiger partial charge in [-0.1, -0.05) is 6.42 Å². The molecule has 8 nitrogen and oxygen atoms in total. The number of aromatic nitrogens is 3. The highest BCUT2D eigenvalue weighted by Gasteiger charge is 2.41. The van der Waals surface area contributed by atoms with Crippen LogP contribution in [0.1, 0.15) is 42.9 Å². The van der Waals surface area contributed by atoms with Crippen molar-refractivity contribution in [3.63, 3.8) is 0 Å². The molecule has 3 atom stereocenters. The van der Waals surface area contributed by atoms with Crippen molar-refractivity contribution in [3.05, 3.63) is 60.8 Å². The number of hydrogen-bond donors (Lipinski definition) is 1. The van der Waals surface area contributed by atoms with Gasteiger partial charge in [-0.25, -0.2) is 4.79 Å². The first-order valence-corrected chi connectivity index (χ1v) is 10.9. The summed E-state index contributed by atoms with van der Waals surface area (Å²) in [6.07, 6.45) is 6.54. The molecule has 2 aromatic rings. The summed E-state index contributed by atoms with van der Waals surface area (Å²) in [5, 5.41) is 3.14. The molecular weight excluding hydrogens is 382 g/mol. The van der Waals surface area contributed by atoms with Crippen LogP contribution >= 0.6 is 0 Å². The molecular formula is C22H29N5O3. The Bertz CT molecular complexity index is 1160. The van der Waals surface area contributed by atoms with E-state index >= 15 is 0 Å². The number of nitrogens with one attached hydrogen (secondary N) is 1. The van der Waals surface area contributed by atoms with Gasteiger partial charge in [0, 0.05) is 57.6 Å². The predicted molar refractivity (Wildman–Crippen MR) is 115 cm³/mol. The van der Waals surface area contributed by atoms with Crippen LogP contribution in [-0.2, 0) is 27.2 Å². The van der Waals surface area contributed by atoms with E-state index in [1.165, 1.54) is 50.0 Å². The third kappa shape index (κ3) is 3.05. The number of piperidine rings is 2. The van der Waals surface area contributed by atoms with Crippen molar-refractivity contribution in [1.29, 1.82) is 0 Å². The fourth-order valence-corrected chi connectivity index (χ4v) is 5.77. The quantitative estimate of drug-likeness (QED) is 0.809. The lowest BCUT2D eigenvalue weighted by Gasteiger charge is -2.50. The Morgan fingerprint density at radius 3 is 2.73 bits per heavy atom. The summed E-state index contributed by atoms with van der Waals surface area (Å²) in [5.74, 6) is 0.969. The number of fused-ring (bicyclic) bond motifs is 6. The molecule has 2 fully saturated rings. The summed E-state index contributed by atoms with van der Waals surface area (Å²) in [6, 6.07) is 4.54. The van der Waals surface area contributed by atoms with Gasteiger partial charge in [0.15, 0.2) is 0 Å². The van der Waals surface area contributed by atoms with E-state index in [2.05, 4.69) is 16.3 Å². The van der Waals surface area contributed by atoms with Crippen molar-refractivity contribution in [2.75, 3.05) is 18.4 Å². The predicted octanol–water partition coefficient (Wildman–Crippen LogP) is 0.829. The Morgan fingerprint density at radius 1 is 1.07 bits per heavy atom. The lowest BCUT2D eigenvalue weighted by Crippen LogP contribution is -2.55. The average Bonchev–Trinajstić information content (AvgIpc) is 2.75. The van der Waals surface area contributed by atoms with Gasteiger partial charge in [0.05, 0.1) is 5.56 Å². The summed E-state index contributed by atoms with van der Waals surface area (Å²) in [6.45, 7) is 3.24. The maximum atomic E-state index is 13.2. The van der Waals surface area contributed by atoms with Gasteiger partial charge in [0.2, 0.25) is 0 Å². The van der Waals surface area contributed by atoms with Crippen LogP contribution in [0.3, 0.4) is 0 Å². The number of rotatable bonds is 3. The van der Waals surface area contributed by atoms with Crippen molar-refractivity contribution >= 4 is 5.69 Å². The van der Waals surface area contributed by atoms with E-state index in [0.717, 1.165) is 23.4 Å². The summed E-state index contributed by atoms with van der Waals surface area (Å²) in [4.78, 5) is 40.1. The first kappa shape index (κ1) is 19.4. The molecule has 2 bridgehead atoms. The number of hydrogen-bond acceptors (Lipinski definition) is 5. The molecule has 0 aliphatic carbocycles. The van der Waals surface area contributed by atoms with E-state index in [1.807, 2.05) is 10.6 Å². The third-order valence-corrected chi connectivity index (χ3v) is 7.28.